The van der Waals surface area contributed by atoms with Crippen LogP contribution in [-0.2, 0) is 6.54 Å². The van der Waals surface area contributed by atoms with Gasteiger partial charge in [0.1, 0.15) is 0 Å². The number of nitroso groups, excluding NO2 is 1. The summed E-state index contributed by atoms with van der Waals surface area (Å²) in [6.07, 6.45) is 0. The summed E-state index contributed by atoms with van der Waals surface area (Å²) in [5.74, 6) is 0. The van der Waals surface area contributed by atoms with Gasteiger partial charge in [0, 0.05) is 6.54 Å². The molecule has 0 amide bonds. The van der Waals surface area contributed by atoms with Crippen LogP contribution in [0.1, 0.15) is 18.1 Å². The van der Waals surface area contributed by atoms with Gasteiger partial charge in [-0.3, -0.25) is 0 Å². The van der Waals surface area contributed by atoms with E-state index in [1.807, 2.05) is 11.5 Å². The van der Waals surface area contributed by atoms with E-state index in [4.69, 9.17) is 0 Å². The van der Waals surface area contributed by atoms with Gasteiger partial charge in [0.15, 0.2) is 0 Å². The Hall–Kier alpha value is -1.49. The van der Waals surface area contributed by atoms with Crippen molar-refractivity contribution in [1.82, 2.24) is 4.57 Å². The van der Waals surface area contributed by atoms with Crippen LogP contribution in [0.25, 0.3) is 10.2 Å². The fraction of sp³-hybridized carbons (Fsp3) is 0.364. The Morgan fingerprint density at radius 1 is 1.31 bits per heavy atom. The lowest BCUT2D eigenvalue weighted by Crippen LogP contribution is -2.12. The van der Waals surface area contributed by atoms with Crippen molar-refractivity contribution in [2.75, 3.05) is 0 Å². The lowest BCUT2D eigenvalue weighted by molar-refractivity contribution is 0.755. The third-order valence-corrected chi connectivity index (χ3v) is 3.77. The summed E-state index contributed by atoms with van der Waals surface area (Å²) < 4.78 is 3.15. The van der Waals surface area contributed by atoms with E-state index in [0.717, 1.165) is 16.8 Å². The van der Waals surface area contributed by atoms with Gasteiger partial charge in [-0.25, -0.2) is 0 Å². The fourth-order valence-corrected chi connectivity index (χ4v) is 2.86. The van der Waals surface area contributed by atoms with Gasteiger partial charge in [-0.2, -0.15) is 0 Å². The second-order valence-electron chi connectivity index (χ2n) is 3.71. The van der Waals surface area contributed by atoms with E-state index in [1.165, 1.54) is 22.5 Å². The molecule has 4 nitrogen and oxygen atoms in total. The molecule has 1 aromatic carbocycles. The fourth-order valence-electron chi connectivity index (χ4n) is 1.74. The maximum Gasteiger partial charge on any atom is 0.215 e. The smallest absolute Gasteiger partial charge is 0.215 e. The SMILES string of the molecule is CCn1/c(=N/N=O)sc2cc(C)c(C)cc21. The molecule has 0 aliphatic heterocycles. The van der Waals surface area contributed by atoms with Crippen LogP contribution in [0, 0.1) is 18.8 Å². The van der Waals surface area contributed by atoms with Gasteiger partial charge in [-0.05, 0) is 44.0 Å². The molecule has 1 aromatic heterocycles. The maximum absolute atomic E-state index is 10.2. The highest BCUT2D eigenvalue weighted by Gasteiger charge is 2.06. The van der Waals surface area contributed by atoms with Gasteiger partial charge < -0.3 is 4.57 Å². The molecule has 0 aliphatic rings. The number of fused-ring (bicyclic) bond motifs is 1. The summed E-state index contributed by atoms with van der Waals surface area (Å²) >= 11 is 1.50. The van der Waals surface area contributed by atoms with E-state index in [9.17, 15) is 4.91 Å². The molecule has 0 saturated carbocycles. The van der Waals surface area contributed by atoms with Crippen molar-refractivity contribution in [3.63, 3.8) is 0 Å². The zero-order valence-corrected chi connectivity index (χ0v) is 10.3. The number of nitrogens with zero attached hydrogens (tertiary/aromatic N) is 3. The monoisotopic (exact) mass is 235 g/mol. The van der Waals surface area contributed by atoms with Gasteiger partial charge >= 0.3 is 0 Å². The molecule has 0 fully saturated rings. The van der Waals surface area contributed by atoms with Crippen LogP contribution in [0.4, 0.5) is 0 Å². The van der Waals surface area contributed by atoms with Gasteiger partial charge in [0.2, 0.25) is 4.80 Å². The number of thiazole rings is 1. The van der Waals surface area contributed by atoms with Crippen LogP contribution >= 0.6 is 11.3 Å². The summed E-state index contributed by atoms with van der Waals surface area (Å²) in [6, 6.07) is 4.26. The highest BCUT2D eigenvalue weighted by molar-refractivity contribution is 7.16. The Bertz CT molecular complexity index is 609. The van der Waals surface area contributed by atoms with Crippen molar-refractivity contribution >= 4 is 21.6 Å². The van der Waals surface area contributed by atoms with Crippen molar-refractivity contribution in [1.29, 1.82) is 0 Å². The number of aryl methyl sites for hydroxylation is 3. The minimum absolute atomic E-state index is 0.664. The molecule has 0 saturated heterocycles. The number of aromatic nitrogens is 1. The quantitative estimate of drug-likeness (QED) is 0.583. The topological polar surface area (TPSA) is 46.7 Å². The van der Waals surface area contributed by atoms with Gasteiger partial charge in [0.25, 0.3) is 0 Å². The molecule has 0 bridgehead atoms. The number of rotatable bonds is 2. The van der Waals surface area contributed by atoms with Gasteiger partial charge in [0.05, 0.1) is 15.5 Å². The van der Waals surface area contributed by atoms with Crippen LogP contribution < -0.4 is 4.80 Å². The first-order valence-electron chi connectivity index (χ1n) is 5.14. The Balaban J connectivity index is 2.88. The van der Waals surface area contributed by atoms with Gasteiger partial charge in [-0.1, -0.05) is 16.4 Å². The van der Waals surface area contributed by atoms with Gasteiger partial charge in [-0.15, -0.1) is 4.91 Å². The van der Waals surface area contributed by atoms with E-state index in [-0.39, 0.29) is 0 Å². The minimum atomic E-state index is 0.664. The predicted octanol–water partition coefficient (Wildman–Crippen LogP) is 2.92. The van der Waals surface area contributed by atoms with Crippen LogP contribution in [-0.4, -0.2) is 4.57 Å². The first kappa shape index (κ1) is 11.0. The lowest BCUT2D eigenvalue weighted by Gasteiger charge is -2.02. The van der Waals surface area contributed by atoms with Crippen LogP contribution in [0.3, 0.4) is 0 Å². The Kier molecular flexibility index (Phi) is 2.87. The van der Waals surface area contributed by atoms with Crippen molar-refractivity contribution in [3.8, 4) is 0 Å². The second-order valence-corrected chi connectivity index (χ2v) is 4.72. The number of hydrogen-bond donors (Lipinski definition) is 0. The molecular weight excluding hydrogens is 222 g/mol. The van der Waals surface area contributed by atoms with Crippen molar-refractivity contribution in [2.45, 2.75) is 27.3 Å². The molecule has 0 unspecified atom stereocenters. The second kappa shape index (κ2) is 4.17. The molecule has 0 atom stereocenters. The molecule has 0 N–H and O–H groups in total. The first-order chi connectivity index (χ1) is 7.67. The molecule has 0 aliphatic carbocycles. The highest BCUT2D eigenvalue weighted by Crippen LogP contribution is 2.21. The summed E-state index contributed by atoms with van der Waals surface area (Å²) in [7, 11) is 0. The molecule has 1 heterocycles. The normalized spacial score (nSPS) is 12.3. The number of hydrogen-bond acceptors (Lipinski definition) is 3. The molecule has 16 heavy (non-hydrogen) atoms. The molecule has 0 radical (unpaired) electrons. The molecule has 84 valence electrons. The van der Waals surface area contributed by atoms with Crippen LogP contribution in [0.15, 0.2) is 22.5 Å². The molecule has 0 spiro atoms. The zero-order chi connectivity index (χ0) is 11.7. The minimum Gasteiger partial charge on any atom is -0.315 e. The maximum atomic E-state index is 10.2. The molecule has 5 heteroatoms. The Morgan fingerprint density at radius 2 is 2.00 bits per heavy atom. The zero-order valence-electron chi connectivity index (χ0n) is 9.52. The third kappa shape index (κ3) is 1.67. The average Bonchev–Trinajstić information content (AvgIpc) is 2.56. The van der Waals surface area contributed by atoms with Crippen molar-refractivity contribution in [2.24, 2.45) is 10.4 Å². The molecule has 2 aromatic rings. The predicted molar refractivity (Wildman–Crippen MR) is 66.3 cm³/mol. The average molecular weight is 235 g/mol. The summed E-state index contributed by atoms with van der Waals surface area (Å²) in [6.45, 7) is 6.99. The highest BCUT2D eigenvalue weighted by atomic mass is 32.1. The summed E-state index contributed by atoms with van der Waals surface area (Å²) in [5, 5.41) is 6.24. The summed E-state index contributed by atoms with van der Waals surface area (Å²) in [5.41, 5.74) is 3.62. The molecule has 2 rings (SSSR count). The van der Waals surface area contributed by atoms with E-state index in [2.05, 4.69) is 36.4 Å². The standard InChI is InChI=1S/C11H13N3OS/c1-4-14-9-5-7(2)8(3)6-10(9)16-11(14)12-13-15/h5-6H,4H2,1-3H3/b12-11-. The Morgan fingerprint density at radius 3 is 2.62 bits per heavy atom. The van der Waals surface area contributed by atoms with E-state index >= 15 is 0 Å². The summed E-state index contributed by atoms with van der Waals surface area (Å²) in [4.78, 5) is 10.9. The van der Waals surface area contributed by atoms with E-state index < -0.39 is 0 Å². The molecular formula is C11H13N3OS. The van der Waals surface area contributed by atoms with Crippen LogP contribution in [0.5, 0.6) is 0 Å². The lowest BCUT2D eigenvalue weighted by atomic mass is 10.1. The van der Waals surface area contributed by atoms with E-state index in [1.54, 1.807) is 0 Å². The Labute approximate surface area is 97.2 Å². The third-order valence-electron chi connectivity index (χ3n) is 2.74. The largest absolute Gasteiger partial charge is 0.315 e. The number of benzene rings is 1. The van der Waals surface area contributed by atoms with Crippen LogP contribution in [0.2, 0.25) is 0 Å². The van der Waals surface area contributed by atoms with Crippen molar-refractivity contribution < 1.29 is 0 Å². The van der Waals surface area contributed by atoms with Crippen molar-refractivity contribution in [3.05, 3.63) is 33.0 Å². The first-order valence-corrected chi connectivity index (χ1v) is 5.96. The van der Waals surface area contributed by atoms with E-state index in [0.29, 0.717) is 4.80 Å².